The van der Waals surface area contributed by atoms with Crippen LogP contribution >= 0.6 is 11.3 Å². The normalized spacial score (nSPS) is 11.0. The standard InChI is InChI=1S/C23H21N3O2S/c1-15-3-7-17(8-4-15)19-13-29-22-21(19)23(28)26(14-24-22)12-11-20(27)25-18-9-5-16(2)6-10-18/h3-10,13-14H,11-12H2,1-2H3,(H,25,27). The number of aromatic nitrogens is 2. The minimum Gasteiger partial charge on any atom is -0.326 e. The first-order valence-electron chi connectivity index (χ1n) is 9.41. The number of rotatable bonds is 5. The van der Waals surface area contributed by atoms with Crippen LogP contribution in [0.25, 0.3) is 21.3 Å². The van der Waals surface area contributed by atoms with E-state index in [0.29, 0.717) is 10.2 Å². The molecule has 0 aliphatic carbocycles. The zero-order valence-corrected chi connectivity index (χ0v) is 17.1. The molecule has 0 spiro atoms. The number of aryl methyl sites for hydroxylation is 3. The van der Waals surface area contributed by atoms with Gasteiger partial charge in [0.1, 0.15) is 4.83 Å². The zero-order valence-electron chi connectivity index (χ0n) is 16.3. The smallest absolute Gasteiger partial charge is 0.262 e. The van der Waals surface area contributed by atoms with Crippen molar-refractivity contribution < 1.29 is 4.79 Å². The van der Waals surface area contributed by atoms with Crippen molar-refractivity contribution in [1.29, 1.82) is 0 Å². The number of amides is 1. The number of nitrogens with one attached hydrogen (secondary N) is 1. The van der Waals surface area contributed by atoms with Gasteiger partial charge in [-0.25, -0.2) is 4.98 Å². The van der Waals surface area contributed by atoms with E-state index in [1.807, 2.05) is 67.8 Å². The van der Waals surface area contributed by atoms with Gasteiger partial charge in [0.05, 0.1) is 11.7 Å². The molecule has 0 saturated heterocycles. The predicted molar refractivity (Wildman–Crippen MR) is 118 cm³/mol. The van der Waals surface area contributed by atoms with Crippen LogP contribution in [0.15, 0.2) is 65.0 Å². The topological polar surface area (TPSA) is 64.0 Å². The van der Waals surface area contributed by atoms with Crippen LogP contribution in [0.1, 0.15) is 17.5 Å². The van der Waals surface area contributed by atoms with Crippen molar-refractivity contribution in [2.24, 2.45) is 0 Å². The number of fused-ring (bicyclic) bond motifs is 1. The van der Waals surface area contributed by atoms with Crippen LogP contribution in [-0.4, -0.2) is 15.5 Å². The molecular weight excluding hydrogens is 382 g/mol. The lowest BCUT2D eigenvalue weighted by Crippen LogP contribution is -2.23. The Balaban J connectivity index is 1.55. The summed E-state index contributed by atoms with van der Waals surface area (Å²) in [7, 11) is 0. The third kappa shape index (κ3) is 4.12. The van der Waals surface area contributed by atoms with Gasteiger partial charge >= 0.3 is 0 Å². The minimum absolute atomic E-state index is 0.116. The summed E-state index contributed by atoms with van der Waals surface area (Å²) in [6.45, 7) is 4.31. The minimum atomic E-state index is -0.134. The van der Waals surface area contributed by atoms with Crippen molar-refractivity contribution in [2.75, 3.05) is 5.32 Å². The van der Waals surface area contributed by atoms with Crippen molar-refractivity contribution in [3.05, 3.63) is 81.7 Å². The molecule has 0 atom stereocenters. The maximum absolute atomic E-state index is 13.1. The van der Waals surface area contributed by atoms with Gasteiger partial charge in [0, 0.05) is 29.6 Å². The molecule has 2 aromatic carbocycles. The first kappa shape index (κ1) is 19.1. The molecule has 6 heteroatoms. The molecule has 0 aliphatic rings. The van der Waals surface area contributed by atoms with Crippen LogP contribution in [0, 0.1) is 13.8 Å². The third-order valence-electron chi connectivity index (χ3n) is 4.84. The highest BCUT2D eigenvalue weighted by molar-refractivity contribution is 7.17. The SMILES string of the molecule is Cc1ccc(NC(=O)CCn2cnc3scc(-c4ccc(C)cc4)c3c2=O)cc1. The van der Waals surface area contributed by atoms with Gasteiger partial charge in [0.25, 0.3) is 5.56 Å². The molecule has 0 unspecified atom stereocenters. The number of thiophene rings is 1. The molecule has 2 heterocycles. The van der Waals surface area contributed by atoms with Gasteiger partial charge in [-0.1, -0.05) is 47.5 Å². The highest BCUT2D eigenvalue weighted by Crippen LogP contribution is 2.30. The van der Waals surface area contributed by atoms with E-state index in [-0.39, 0.29) is 24.4 Å². The van der Waals surface area contributed by atoms with E-state index in [4.69, 9.17) is 0 Å². The zero-order chi connectivity index (χ0) is 20.4. The largest absolute Gasteiger partial charge is 0.326 e. The Morgan fingerprint density at radius 2 is 1.69 bits per heavy atom. The van der Waals surface area contributed by atoms with E-state index >= 15 is 0 Å². The van der Waals surface area contributed by atoms with Crippen LogP contribution in [0.3, 0.4) is 0 Å². The molecule has 1 amide bonds. The molecule has 2 aromatic heterocycles. The number of carbonyl (C=O) groups excluding carboxylic acids is 1. The Kier molecular flexibility index (Phi) is 5.27. The van der Waals surface area contributed by atoms with Crippen LogP contribution < -0.4 is 10.9 Å². The molecule has 4 aromatic rings. The average molecular weight is 404 g/mol. The lowest BCUT2D eigenvalue weighted by molar-refractivity contribution is -0.116. The summed E-state index contributed by atoms with van der Waals surface area (Å²) in [6.07, 6.45) is 1.73. The summed E-state index contributed by atoms with van der Waals surface area (Å²) < 4.78 is 1.52. The van der Waals surface area contributed by atoms with Gasteiger partial charge in [-0.3, -0.25) is 14.2 Å². The van der Waals surface area contributed by atoms with Crippen molar-refractivity contribution in [3.8, 4) is 11.1 Å². The van der Waals surface area contributed by atoms with Crippen LogP contribution in [-0.2, 0) is 11.3 Å². The summed E-state index contributed by atoms with van der Waals surface area (Å²) in [5.74, 6) is -0.134. The molecule has 4 rings (SSSR count). The number of hydrogen-bond acceptors (Lipinski definition) is 4. The first-order chi connectivity index (χ1) is 14.0. The second-order valence-electron chi connectivity index (χ2n) is 7.10. The Morgan fingerprint density at radius 1 is 1.03 bits per heavy atom. The van der Waals surface area contributed by atoms with Gasteiger partial charge in [0.2, 0.25) is 5.91 Å². The number of nitrogens with zero attached hydrogens (tertiary/aromatic N) is 2. The molecule has 0 aliphatic heterocycles. The fourth-order valence-corrected chi connectivity index (χ4v) is 4.06. The van der Waals surface area contributed by atoms with Crippen LogP contribution in [0.2, 0.25) is 0 Å². The lowest BCUT2D eigenvalue weighted by Gasteiger charge is -2.08. The summed E-state index contributed by atoms with van der Waals surface area (Å²) in [4.78, 5) is 30.5. The van der Waals surface area contributed by atoms with Crippen molar-refractivity contribution in [3.63, 3.8) is 0 Å². The van der Waals surface area contributed by atoms with E-state index in [9.17, 15) is 9.59 Å². The summed E-state index contributed by atoms with van der Waals surface area (Å²) in [5, 5.41) is 5.44. The Morgan fingerprint density at radius 3 is 2.38 bits per heavy atom. The molecule has 5 nitrogen and oxygen atoms in total. The van der Waals surface area contributed by atoms with Gasteiger partial charge in [0.15, 0.2) is 0 Å². The summed E-state index contributed by atoms with van der Waals surface area (Å²) in [6, 6.07) is 15.7. The van der Waals surface area contributed by atoms with Gasteiger partial charge < -0.3 is 5.32 Å². The summed E-state index contributed by atoms with van der Waals surface area (Å²) >= 11 is 1.46. The second-order valence-corrected chi connectivity index (χ2v) is 7.96. The van der Waals surface area contributed by atoms with E-state index in [1.165, 1.54) is 27.8 Å². The molecule has 0 saturated carbocycles. The molecular formula is C23H21N3O2S. The highest BCUT2D eigenvalue weighted by atomic mass is 32.1. The number of carbonyl (C=O) groups is 1. The predicted octanol–water partition coefficient (Wildman–Crippen LogP) is 4.77. The van der Waals surface area contributed by atoms with E-state index in [0.717, 1.165) is 22.4 Å². The Bertz CT molecular complexity index is 1220. The maximum atomic E-state index is 13.1. The Hall–Kier alpha value is -3.25. The molecule has 0 bridgehead atoms. The van der Waals surface area contributed by atoms with Gasteiger partial charge in [-0.05, 0) is 31.5 Å². The molecule has 0 fully saturated rings. The van der Waals surface area contributed by atoms with Crippen LogP contribution in [0.4, 0.5) is 5.69 Å². The number of anilines is 1. The molecule has 1 N–H and O–H groups in total. The number of hydrogen-bond donors (Lipinski definition) is 1. The van der Waals surface area contributed by atoms with Gasteiger partial charge in [-0.15, -0.1) is 11.3 Å². The monoisotopic (exact) mass is 403 g/mol. The van der Waals surface area contributed by atoms with Crippen molar-refractivity contribution in [2.45, 2.75) is 26.8 Å². The molecule has 0 radical (unpaired) electrons. The lowest BCUT2D eigenvalue weighted by atomic mass is 10.1. The maximum Gasteiger partial charge on any atom is 0.262 e. The fraction of sp³-hybridized carbons (Fsp3) is 0.174. The quantitative estimate of drug-likeness (QED) is 0.522. The Labute approximate surface area is 172 Å². The molecule has 146 valence electrons. The number of benzene rings is 2. The van der Waals surface area contributed by atoms with E-state index in [1.54, 1.807) is 0 Å². The summed E-state index contributed by atoms with van der Waals surface area (Å²) in [5.41, 5.74) is 4.82. The molecule has 29 heavy (non-hydrogen) atoms. The van der Waals surface area contributed by atoms with E-state index in [2.05, 4.69) is 10.3 Å². The van der Waals surface area contributed by atoms with Gasteiger partial charge in [-0.2, -0.15) is 0 Å². The van der Waals surface area contributed by atoms with E-state index < -0.39 is 0 Å². The fourth-order valence-electron chi connectivity index (χ4n) is 3.15. The van der Waals surface area contributed by atoms with Crippen molar-refractivity contribution in [1.82, 2.24) is 9.55 Å². The van der Waals surface area contributed by atoms with Crippen LogP contribution in [0.5, 0.6) is 0 Å². The second kappa shape index (κ2) is 8.01. The third-order valence-corrected chi connectivity index (χ3v) is 5.72. The highest BCUT2D eigenvalue weighted by Gasteiger charge is 2.14. The van der Waals surface area contributed by atoms with Crippen molar-refractivity contribution >= 4 is 33.1 Å². The average Bonchev–Trinajstić information content (AvgIpc) is 3.15. The first-order valence-corrected chi connectivity index (χ1v) is 10.3.